The van der Waals surface area contributed by atoms with Crippen LogP contribution in [0.2, 0.25) is 0 Å². The molecule has 2 rings (SSSR count). The molecule has 0 fully saturated rings. The van der Waals surface area contributed by atoms with Crippen LogP contribution in [0.15, 0.2) is 20.8 Å². The lowest BCUT2D eigenvalue weighted by Crippen LogP contribution is -2.24. The molecular formula is C13H17BrN4OS. The Bertz CT molecular complexity index is 652. The van der Waals surface area contributed by atoms with Crippen LogP contribution in [0.3, 0.4) is 0 Å². The van der Waals surface area contributed by atoms with E-state index in [1.165, 1.54) is 4.68 Å². The first-order valence-electron chi connectivity index (χ1n) is 6.47. The third-order valence-electron chi connectivity index (χ3n) is 2.80. The minimum Gasteiger partial charge on any atom is -0.374 e. The second kappa shape index (κ2) is 6.49. The lowest BCUT2D eigenvalue weighted by Gasteiger charge is -2.14. The standard InChI is InChI=1S/C13H17BrN4OS/c1-4-5-18-13(19)11(14)10(6-15-18)17-9(3)12-16-8(2)7-20-12/h6-7,9,17H,4-5H2,1-3H3. The van der Waals surface area contributed by atoms with Crippen LogP contribution < -0.4 is 10.9 Å². The molecule has 0 saturated heterocycles. The smallest absolute Gasteiger partial charge is 0.283 e. The Kier molecular flexibility index (Phi) is 4.93. The summed E-state index contributed by atoms with van der Waals surface area (Å²) in [6.45, 7) is 6.62. The van der Waals surface area contributed by atoms with Crippen LogP contribution in [0.1, 0.15) is 37.0 Å². The largest absolute Gasteiger partial charge is 0.374 e. The Labute approximate surface area is 130 Å². The summed E-state index contributed by atoms with van der Waals surface area (Å²) in [6, 6.07) is 0.0354. The van der Waals surface area contributed by atoms with E-state index < -0.39 is 0 Å². The molecule has 0 spiro atoms. The highest BCUT2D eigenvalue weighted by molar-refractivity contribution is 9.10. The molecule has 0 aromatic carbocycles. The van der Waals surface area contributed by atoms with Crippen molar-refractivity contribution in [2.75, 3.05) is 5.32 Å². The van der Waals surface area contributed by atoms with Gasteiger partial charge < -0.3 is 5.32 Å². The number of anilines is 1. The molecule has 0 bridgehead atoms. The Balaban J connectivity index is 2.22. The molecule has 2 aromatic rings. The Morgan fingerprint density at radius 2 is 2.30 bits per heavy atom. The van der Waals surface area contributed by atoms with Crippen molar-refractivity contribution in [1.29, 1.82) is 0 Å². The van der Waals surface area contributed by atoms with Gasteiger partial charge in [-0.1, -0.05) is 6.92 Å². The molecule has 0 aliphatic carbocycles. The third-order valence-corrected chi connectivity index (χ3v) is 4.71. The van der Waals surface area contributed by atoms with Gasteiger partial charge in [-0.2, -0.15) is 5.10 Å². The second-order valence-electron chi connectivity index (χ2n) is 4.59. The van der Waals surface area contributed by atoms with Crippen LogP contribution in [0.5, 0.6) is 0 Å². The molecule has 0 aliphatic rings. The van der Waals surface area contributed by atoms with E-state index in [-0.39, 0.29) is 11.6 Å². The summed E-state index contributed by atoms with van der Waals surface area (Å²) in [4.78, 5) is 16.5. The van der Waals surface area contributed by atoms with Gasteiger partial charge in [0.2, 0.25) is 0 Å². The number of aromatic nitrogens is 3. The molecule has 0 aliphatic heterocycles. The van der Waals surface area contributed by atoms with Crippen molar-refractivity contribution < 1.29 is 0 Å². The minimum absolute atomic E-state index is 0.0354. The summed E-state index contributed by atoms with van der Waals surface area (Å²) in [5.74, 6) is 0. The summed E-state index contributed by atoms with van der Waals surface area (Å²) >= 11 is 4.96. The zero-order valence-corrected chi connectivity index (χ0v) is 14.1. The summed E-state index contributed by atoms with van der Waals surface area (Å²) in [7, 11) is 0. The fraction of sp³-hybridized carbons (Fsp3) is 0.462. The maximum atomic E-state index is 12.1. The van der Waals surface area contributed by atoms with Crippen LogP contribution >= 0.6 is 27.3 Å². The number of hydrogen-bond acceptors (Lipinski definition) is 5. The average molecular weight is 357 g/mol. The molecular weight excluding hydrogens is 340 g/mol. The Morgan fingerprint density at radius 3 is 2.90 bits per heavy atom. The monoisotopic (exact) mass is 356 g/mol. The van der Waals surface area contributed by atoms with Crippen LogP contribution in [-0.2, 0) is 6.54 Å². The molecule has 1 atom stereocenters. The third kappa shape index (κ3) is 3.27. The van der Waals surface area contributed by atoms with Gasteiger partial charge in [-0.3, -0.25) is 4.79 Å². The van der Waals surface area contributed by atoms with E-state index >= 15 is 0 Å². The van der Waals surface area contributed by atoms with E-state index in [4.69, 9.17) is 0 Å². The number of hydrogen-bond donors (Lipinski definition) is 1. The average Bonchev–Trinajstić information content (AvgIpc) is 2.85. The molecule has 1 unspecified atom stereocenters. The highest BCUT2D eigenvalue weighted by Gasteiger charge is 2.14. The zero-order valence-electron chi connectivity index (χ0n) is 11.7. The maximum absolute atomic E-state index is 12.1. The fourth-order valence-electron chi connectivity index (χ4n) is 1.80. The van der Waals surface area contributed by atoms with E-state index in [1.54, 1.807) is 17.5 Å². The van der Waals surface area contributed by atoms with Crippen LogP contribution in [-0.4, -0.2) is 14.8 Å². The number of nitrogens with zero attached hydrogens (tertiary/aromatic N) is 3. The van der Waals surface area contributed by atoms with Crippen molar-refractivity contribution in [3.8, 4) is 0 Å². The van der Waals surface area contributed by atoms with Gasteiger partial charge in [0.15, 0.2) is 0 Å². The van der Waals surface area contributed by atoms with Gasteiger partial charge in [0.25, 0.3) is 5.56 Å². The number of rotatable bonds is 5. The first kappa shape index (κ1) is 15.2. The van der Waals surface area contributed by atoms with Crippen molar-refractivity contribution in [1.82, 2.24) is 14.8 Å². The van der Waals surface area contributed by atoms with Crippen LogP contribution in [0.25, 0.3) is 0 Å². The molecule has 0 radical (unpaired) electrons. The maximum Gasteiger partial charge on any atom is 0.283 e. The van der Waals surface area contributed by atoms with Gasteiger partial charge in [0, 0.05) is 17.6 Å². The SMILES string of the molecule is CCCn1ncc(NC(C)c2nc(C)cs2)c(Br)c1=O. The molecule has 108 valence electrons. The summed E-state index contributed by atoms with van der Waals surface area (Å²) in [5, 5.41) is 10.5. The summed E-state index contributed by atoms with van der Waals surface area (Å²) in [5.41, 5.74) is 1.59. The van der Waals surface area contributed by atoms with Crippen molar-refractivity contribution in [3.63, 3.8) is 0 Å². The van der Waals surface area contributed by atoms with Crippen LogP contribution in [0.4, 0.5) is 5.69 Å². The Morgan fingerprint density at radius 1 is 1.55 bits per heavy atom. The van der Waals surface area contributed by atoms with E-state index in [2.05, 4.69) is 31.3 Å². The second-order valence-corrected chi connectivity index (χ2v) is 6.28. The molecule has 20 heavy (non-hydrogen) atoms. The van der Waals surface area contributed by atoms with E-state index in [9.17, 15) is 4.79 Å². The molecule has 2 heterocycles. The number of halogens is 1. The van der Waals surface area contributed by atoms with Gasteiger partial charge in [0.1, 0.15) is 9.48 Å². The predicted octanol–water partition coefficient (Wildman–Crippen LogP) is 3.35. The Hall–Kier alpha value is -1.21. The van der Waals surface area contributed by atoms with E-state index in [0.717, 1.165) is 17.1 Å². The summed E-state index contributed by atoms with van der Waals surface area (Å²) < 4.78 is 1.98. The lowest BCUT2D eigenvalue weighted by molar-refractivity contribution is 0.565. The summed E-state index contributed by atoms with van der Waals surface area (Å²) in [6.07, 6.45) is 2.55. The fourth-order valence-corrected chi connectivity index (χ4v) is 3.03. The molecule has 0 amide bonds. The van der Waals surface area contributed by atoms with Crippen molar-refractivity contribution in [3.05, 3.63) is 37.1 Å². The van der Waals surface area contributed by atoms with Crippen molar-refractivity contribution >= 4 is 33.0 Å². The first-order chi connectivity index (χ1) is 9.52. The zero-order chi connectivity index (χ0) is 14.7. The molecule has 2 aromatic heterocycles. The minimum atomic E-state index is -0.112. The van der Waals surface area contributed by atoms with Gasteiger partial charge in [-0.25, -0.2) is 9.67 Å². The molecule has 0 saturated carbocycles. The number of nitrogens with one attached hydrogen (secondary N) is 1. The van der Waals surface area contributed by atoms with E-state index in [1.807, 2.05) is 26.2 Å². The van der Waals surface area contributed by atoms with E-state index in [0.29, 0.717) is 16.7 Å². The lowest BCUT2D eigenvalue weighted by atomic mass is 10.3. The number of thiazole rings is 1. The van der Waals surface area contributed by atoms with Crippen molar-refractivity contribution in [2.24, 2.45) is 0 Å². The number of aryl methyl sites for hydroxylation is 2. The molecule has 7 heteroatoms. The van der Waals surface area contributed by atoms with Gasteiger partial charge in [-0.15, -0.1) is 11.3 Å². The van der Waals surface area contributed by atoms with Gasteiger partial charge in [-0.05, 0) is 36.2 Å². The molecule has 1 N–H and O–H groups in total. The van der Waals surface area contributed by atoms with Gasteiger partial charge in [0.05, 0.1) is 17.9 Å². The quantitative estimate of drug-likeness (QED) is 0.892. The normalized spacial score (nSPS) is 12.4. The molecule has 5 nitrogen and oxygen atoms in total. The highest BCUT2D eigenvalue weighted by atomic mass is 79.9. The highest BCUT2D eigenvalue weighted by Crippen LogP contribution is 2.25. The van der Waals surface area contributed by atoms with Crippen LogP contribution in [0, 0.1) is 6.92 Å². The van der Waals surface area contributed by atoms with Crippen molar-refractivity contribution in [2.45, 2.75) is 39.8 Å². The van der Waals surface area contributed by atoms with Gasteiger partial charge >= 0.3 is 0 Å². The first-order valence-corrected chi connectivity index (χ1v) is 8.14. The topological polar surface area (TPSA) is 59.8 Å². The predicted molar refractivity (Wildman–Crippen MR) is 85.4 cm³/mol.